The number of hydrogen-bond acceptors (Lipinski definition) is 3. The van der Waals surface area contributed by atoms with Crippen LogP contribution in [-0.2, 0) is 16.1 Å². The van der Waals surface area contributed by atoms with E-state index in [9.17, 15) is 4.79 Å². The van der Waals surface area contributed by atoms with Gasteiger partial charge in [-0.1, -0.05) is 19.3 Å². The molecule has 76 valence electrons. The minimum atomic E-state index is -0.305. The second-order valence-corrected chi connectivity index (χ2v) is 2.28. The van der Waals surface area contributed by atoms with Gasteiger partial charge < -0.3 is 4.74 Å². The Morgan fingerprint density at radius 3 is 2.71 bits per heavy atom. The summed E-state index contributed by atoms with van der Waals surface area (Å²) < 4.78 is 6.15. The first kappa shape index (κ1) is 12.7. The molecule has 5 heteroatoms. The van der Waals surface area contributed by atoms with Crippen LogP contribution >= 0.6 is 0 Å². The van der Waals surface area contributed by atoms with Gasteiger partial charge in [-0.15, -0.1) is 0 Å². The molecule has 2 radical (unpaired) electrons. The van der Waals surface area contributed by atoms with Gasteiger partial charge in [-0.2, -0.15) is 5.10 Å². The molecule has 1 aromatic heterocycles. The van der Waals surface area contributed by atoms with Crippen LogP contribution in [0.5, 0.6) is 0 Å². The number of carbonyl (C=O) groups excluding carboxylic acids is 1. The number of rotatable bonds is 3. The van der Waals surface area contributed by atoms with E-state index in [0.717, 1.165) is 0 Å². The number of ether oxygens (including phenoxy) is 1. The first-order valence-electron chi connectivity index (χ1n) is 4.66. The van der Waals surface area contributed by atoms with E-state index in [4.69, 9.17) is 12.6 Å². The highest BCUT2D eigenvalue weighted by Crippen LogP contribution is 1.85. The van der Waals surface area contributed by atoms with Crippen molar-refractivity contribution in [2.24, 2.45) is 0 Å². The first-order valence-corrected chi connectivity index (χ1v) is 4.66. The predicted octanol–water partition coefficient (Wildman–Crippen LogP) is 0.266. The Balaban J connectivity index is 0.000000791. The van der Waals surface area contributed by atoms with E-state index in [0.29, 0.717) is 12.1 Å². The Morgan fingerprint density at radius 2 is 2.29 bits per heavy atom. The van der Waals surface area contributed by atoms with Gasteiger partial charge >= 0.3 is 5.97 Å². The second-order valence-electron chi connectivity index (χ2n) is 2.28. The van der Waals surface area contributed by atoms with Gasteiger partial charge in [0.2, 0.25) is 0 Å². The van der Waals surface area contributed by atoms with Crippen LogP contribution in [0.15, 0.2) is 12.4 Å². The molecule has 0 bridgehead atoms. The van der Waals surface area contributed by atoms with E-state index in [-0.39, 0.29) is 12.5 Å². The first-order chi connectivity index (χ1) is 6.72. The normalized spacial score (nSPS) is 8.79. The third-order valence-corrected chi connectivity index (χ3v) is 1.25. The molecule has 0 saturated carbocycles. The van der Waals surface area contributed by atoms with Gasteiger partial charge in [-0.05, 0) is 6.92 Å². The Hall–Kier alpha value is -1.26. The molecule has 1 heterocycles. The zero-order valence-electron chi connectivity index (χ0n) is 8.86. The number of aromatic nitrogens is 2. The fourth-order valence-corrected chi connectivity index (χ4v) is 0.805. The minimum Gasteiger partial charge on any atom is -0.465 e. The average molecular weight is 194 g/mol. The highest BCUT2D eigenvalue weighted by molar-refractivity contribution is 6.31. The standard InChI is InChI=1S/C7H9BN2O2.C2H6/c1-2-12-7(11)5-10-4-6(8)3-9-10;1-2/h3-4H,2,5H2,1H3;1-2H3. The van der Waals surface area contributed by atoms with Gasteiger partial charge in [0, 0.05) is 12.4 Å². The molecular formula is C9H15BN2O2. The van der Waals surface area contributed by atoms with Crippen molar-refractivity contribution >= 4 is 19.3 Å². The number of nitrogens with zero attached hydrogens (tertiary/aromatic N) is 2. The zero-order chi connectivity index (χ0) is 11.0. The summed E-state index contributed by atoms with van der Waals surface area (Å²) in [4.78, 5) is 10.9. The lowest BCUT2D eigenvalue weighted by atomic mass is 10.0. The molecule has 0 spiro atoms. The summed E-state index contributed by atoms with van der Waals surface area (Å²) in [5, 5.41) is 3.83. The number of hydrogen-bond donors (Lipinski definition) is 0. The molecule has 0 aliphatic heterocycles. The van der Waals surface area contributed by atoms with Gasteiger partial charge in [0.25, 0.3) is 0 Å². The molecule has 0 atom stereocenters. The van der Waals surface area contributed by atoms with Gasteiger partial charge in [0.05, 0.1) is 6.61 Å². The van der Waals surface area contributed by atoms with Crippen molar-refractivity contribution in [2.45, 2.75) is 27.3 Å². The maximum absolute atomic E-state index is 10.9. The van der Waals surface area contributed by atoms with Crippen LogP contribution in [0.2, 0.25) is 0 Å². The Labute approximate surface area is 85.7 Å². The highest BCUT2D eigenvalue weighted by atomic mass is 16.5. The van der Waals surface area contributed by atoms with E-state index >= 15 is 0 Å². The van der Waals surface area contributed by atoms with E-state index in [1.54, 1.807) is 13.1 Å². The molecule has 0 amide bonds. The van der Waals surface area contributed by atoms with Crippen molar-refractivity contribution in [2.75, 3.05) is 6.61 Å². The van der Waals surface area contributed by atoms with Crippen molar-refractivity contribution in [1.82, 2.24) is 9.78 Å². The van der Waals surface area contributed by atoms with Crippen molar-refractivity contribution < 1.29 is 9.53 Å². The third kappa shape index (κ3) is 4.69. The van der Waals surface area contributed by atoms with Crippen LogP contribution < -0.4 is 5.46 Å². The SMILES string of the molecule is CC.[B]c1cnn(CC(=O)OCC)c1. The molecule has 0 aromatic carbocycles. The molecule has 14 heavy (non-hydrogen) atoms. The molecule has 0 aliphatic rings. The summed E-state index contributed by atoms with van der Waals surface area (Å²) in [5.74, 6) is -0.305. The van der Waals surface area contributed by atoms with Gasteiger partial charge in [-0.25, -0.2) is 0 Å². The van der Waals surface area contributed by atoms with E-state index in [1.165, 1.54) is 10.9 Å². The Morgan fingerprint density at radius 1 is 1.64 bits per heavy atom. The lowest BCUT2D eigenvalue weighted by Crippen LogP contribution is -2.14. The maximum atomic E-state index is 10.9. The molecule has 1 rings (SSSR count). The predicted molar refractivity (Wildman–Crippen MR) is 55.6 cm³/mol. The van der Waals surface area contributed by atoms with Crippen molar-refractivity contribution in [1.29, 1.82) is 0 Å². The minimum absolute atomic E-state index is 0.116. The van der Waals surface area contributed by atoms with E-state index < -0.39 is 0 Å². The monoisotopic (exact) mass is 194 g/mol. The second kappa shape index (κ2) is 7.18. The molecule has 4 nitrogen and oxygen atoms in total. The average Bonchev–Trinajstić information content (AvgIpc) is 2.55. The van der Waals surface area contributed by atoms with Crippen molar-refractivity contribution in [3.63, 3.8) is 0 Å². The fraction of sp³-hybridized carbons (Fsp3) is 0.556. The quantitative estimate of drug-likeness (QED) is 0.512. The number of esters is 1. The largest absolute Gasteiger partial charge is 0.465 e. The molecular weight excluding hydrogens is 179 g/mol. The zero-order valence-corrected chi connectivity index (χ0v) is 8.86. The molecule has 0 N–H and O–H groups in total. The lowest BCUT2D eigenvalue weighted by Gasteiger charge is -2.00. The van der Waals surface area contributed by atoms with Crippen LogP contribution in [0.4, 0.5) is 0 Å². The molecule has 0 aliphatic carbocycles. The Kier molecular flexibility index (Phi) is 6.53. The summed E-state index contributed by atoms with van der Waals surface area (Å²) in [6.45, 7) is 6.26. The smallest absolute Gasteiger partial charge is 0.327 e. The van der Waals surface area contributed by atoms with Gasteiger partial charge in [0.15, 0.2) is 0 Å². The van der Waals surface area contributed by atoms with Crippen molar-refractivity contribution in [3.8, 4) is 0 Å². The van der Waals surface area contributed by atoms with Crippen molar-refractivity contribution in [3.05, 3.63) is 12.4 Å². The summed E-state index contributed by atoms with van der Waals surface area (Å²) in [6.07, 6.45) is 3.07. The van der Waals surface area contributed by atoms with Crippen LogP contribution in [0, 0.1) is 0 Å². The number of carbonyl (C=O) groups is 1. The molecule has 1 aromatic rings. The molecule has 0 saturated heterocycles. The Bertz CT molecular complexity index is 274. The summed E-state index contributed by atoms with van der Waals surface area (Å²) in [5.41, 5.74) is 0.541. The van der Waals surface area contributed by atoms with Crippen LogP contribution in [0.25, 0.3) is 0 Å². The fourth-order valence-electron chi connectivity index (χ4n) is 0.805. The van der Waals surface area contributed by atoms with Crippen LogP contribution in [-0.4, -0.2) is 30.2 Å². The summed E-state index contributed by atoms with van der Waals surface area (Å²) >= 11 is 0. The van der Waals surface area contributed by atoms with E-state index in [2.05, 4.69) is 5.10 Å². The summed E-state index contributed by atoms with van der Waals surface area (Å²) in [6, 6.07) is 0. The van der Waals surface area contributed by atoms with Crippen LogP contribution in [0.1, 0.15) is 20.8 Å². The lowest BCUT2D eigenvalue weighted by molar-refractivity contribution is -0.144. The summed E-state index contributed by atoms with van der Waals surface area (Å²) in [7, 11) is 5.39. The maximum Gasteiger partial charge on any atom is 0.327 e. The van der Waals surface area contributed by atoms with E-state index in [1.807, 2.05) is 13.8 Å². The van der Waals surface area contributed by atoms with Crippen LogP contribution in [0.3, 0.4) is 0 Å². The molecule has 0 fully saturated rings. The third-order valence-electron chi connectivity index (χ3n) is 1.25. The van der Waals surface area contributed by atoms with Gasteiger partial charge in [-0.3, -0.25) is 9.48 Å². The highest BCUT2D eigenvalue weighted by Gasteiger charge is 2.02. The van der Waals surface area contributed by atoms with Gasteiger partial charge in [0.1, 0.15) is 14.4 Å². The topological polar surface area (TPSA) is 44.1 Å². The molecule has 0 unspecified atom stereocenters.